The molecule has 1 aliphatic heterocycles. The highest BCUT2D eigenvalue weighted by molar-refractivity contribution is 8.15. The number of rotatable bonds is 7. The Morgan fingerprint density at radius 1 is 1.16 bits per heavy atom. The van der Waals surface area contributed by atoms with Crippen LogP contribution >= 0.6 is 11.8 Å². The molecule has 2 amide bonds. The number of benzene rings is 2. The second kappa shape index (κ2) is 10.8. The summed E-state index contributed by atoms with van der Waals surface area (Å²) in [4.78, 5) is 42.5. The van der Waals surface area contributed by atoms with Crippen molar-refractivity contribution >= 4 is 46.1 Å². The molecular weight excluding hydrogens is 430 g/mol. The van der Waals surface area contributed by atoms with Crippen LogP contribution in [0.1, 0.15) is 30.1 Å². The molecule has 0 aliphatic carbocycles. The molecule has 0 bridgehead atoms. The first-order chi connectivity index (χ1) is 15.5. The molecule has 2 aromatic carbocycles. The number of esters is 1. The third-order valence-electron chi connectivity index (χ3n) is 4.69. The van der Waals surface area contributed by atoms with E-state index in [-0.39, 0.29) is 18.2 Å². The number of aliphatic imine (C=N–C) groups is 1. The number of ether oxygens (including phenoxy) is 2. The van der Waals surface area contributed by atoms with E-state index >= 15 is 0 Å². The van der Waals surface area contributed by atoms with Crippen molar-refractivity contribution in [3.63, 3.8) is 0 Å². The Morgan fingerprint density at radius 2 is 1.84 bits per heavy atom. The van der Waals surface area contributed by atoms with E-state index in [1.807, 2.05) is 6.92 Å². The summed E-state index contributed by atoms with van der Waals surface area (Å²) in [5, 5.41) is 3.03. The zero-order valence-electron chi connectivity index (χ0n) is 18.2. The van der Waals surface area contributed by atoms with E-state index in [0.29, 0.717) is 34.5 Å². The number of anilines is 2. The molecule has 1 atom stereocenters. The first-order valence-corrected chi connectivity index (χ1v) is 11.0. The van der Waals surface area contributed by atoms with Crippen LogP contribution in [-0.2, 0) is 14.3 Å². The first kappa shape index (κ1) is 23.3. The number of amides is 2. The number of nitrogens with zero attached hydrogens (tertiary/aromatic N) is 2. The van der Waals surface area contributed by atoms with Crippen LogP contribution < -0.4 is 15.0 Å². The largest absolute Gasteiger partial charge is 0.494 e. The van der Waals surface area contributed by atoms with Crippen LogP contribution in [-0.4, -0.2) is 49.0 Å². The highest BCUT2D eigenvalue weighted by atomic mass is 32.2. The van der Waals surface area contributed by atoms with Gasteiger partial charge >= 0.3 is 5.97 Å². The molecule has 32 heavy (non-hydrogen) atoms. The van der Waals surface area contributed by atoms with Gasteiger partial charge in [-0.3, -0.25) is 14.6 Å². The maximum absolute atomic E-state index is 12.9. The lowest BCUT2D eigenvalue weighted by atomic mass is 10.2. The quantitative estimate of drug-likeness (QED) is 0.294. The monoisotopic (exact) mass is 455 g/mol. The Bertz CT molecular complexity index is 1010. The van der Waals surface area contributed by atoms with Crippen molar-refractivity contribution in [3.05, 3.63) is 54.1 Å². The summed E-state index contributed by atoms with van der Waals surface area (Å²) < 4.78 is 10.2. The van der Waals surface area contributed by atoms with Gasteiger partial charge in [-0.15, -0.1) is 0 Å². The summed E-state index contributed by atoms with van der Waals surface area (Å²) in [5.74, 6) is -0.266. The van der Waals surface area contributed by atoms with E-state index in [0.717, 1.165) is 6.42 Å². The van der Waals surface area contributed by atoms with E-state index in [4.69, 9.17) is 9.47 Å². The van der Waals surface area contributed by atoms with Crippen molar-refractivity contribution in [2.75, 3.05) is 31.0 Å². The van der Waals surface area contributed by atoms with Crippen molar-refractivity contribution in [1.29, 1.82) is 0 Å². The van der Waals surface area contributed by atoms with Crippen LogP contribution in [0.4, 0.5) is 11.4 Å². The fourth-order valence-corrected chi connectivity index (χ4v) is 4.07. The van der Waals surface area contributed by atoms with E-state index in [9.17, 15) is 14.4 Å². The second-order valence-electron chi connectivity index (χ2n) is 6.94. The average Bonchev–Trinajstić information content (AvgIpc) is 3.10. The van der Waals surface area contributed by atoms with Crippen molar-refractivity contribution in [1.82, 2.24) is 0 Å². The summed E-state index contributed by atoms with van der Waals surface area (Å²) in [6.07, 6.45) is 0.980. The molecule has 1 heterocycles. The molecule has 0 spiro atoms. The van der Waals surface area contributed by atoms with E-state index in [1.165, 1.54) is 23.8 Å². The third kappa shape index (κ3) is 5.47. The van der Waals surface area contributed by atoms with Gasteiger partial charge in [-0.25, -0.2) is 9.69 Å². The number of hydrogen-bond donors (Lipinski definition) is 1. The molecule has 9 heteroatoms. The molecule has 3 rings (SSSR count). The van der Waals surface area contributed by atoms with E-state index in [2.05, 4.69) is 10.3 Å². The molecular formula is C23H25N3O5S. The normalized spacial score (nSPS) is 16.3. The standard InChI is InChI=1S/C23H25N3O5S/c1-4-13-31-18-11-9-17(10-12-18)26-20(27)14-19(21(26)28)32-23(24-2)25-16-7-5-15(6-8-16)22(29)30-3/h5-12,19H,4,13-14H2,1-3H3,(H,24,25)/t19-/m1/s1. The topological polar surface area (TPSA) is 97.3 Å². The fraction of sp³-hybridized carbons (Fsp3) is 0.304. The summed E-state index contributed by atoms with van der Waals surface area (Å²) in [7, 11) is 2.93. The van der Waals surface area contributed by atoms with Gasteiger partial charge in [-0.05, 0) is 55.0 Å². The van der Waals surface area contributed by atoms with Gasteiger partial charge in [0.05, 0.1) is 25.0 Å². The summed E-state index contributed by atoms with van der Waals surface area (Å²) in [6, 6.07) is 13.6. The second-order valence-corrected chi connectivity index (χ2v) is 8.13. The number of thioether (sulfide) groups is 1. The van der Waals surface area contributed by atoms with Crippen molar-refractivity contribution in [2.24, 2.45) is 4.99 Å². The van der Waals surface area contributed by atoms with Crippen LogP contribution in [0.2, 0.25) is 0 Å². The Hall–Kier alpha value is -3.33. The lowest BCUT2D eigenvalue weighted by molar-refractivity contribution is -0.121. The van der Waals surface area contributed by atoms with Crippen LogP contribution in [0.25, 0.3) is 0 Å². The summed E-state index contributed by atoms with van der Waals surface area (Å²) >= 11 is 1.20. The number of imide groups is 1. The molecule has 0 unspecified atom stereocenters. The fourth-order valence-electron chi connectivity index (χ4n) is 3.08. The van der Waals surface area contributed by atoms with Gasteiger partial charge in [0, 0.05) is 19.2 Å². The average molecular weight is 456 g/mol. The van der Waals surface area contributed by atoms with Crippen molar-refractivity contribution in [2.45, 2.75) is 25.0 Å². The summed E-state index contributed by atoms with van der Waals surface area (Å²) in [5.41, 5.74) is 1.65. The lowest BCUT2D eigenvalue weighted by Gasteiger charge is -2.16. The predicted octanol–water partition coefficient (Wildman–Crippen LogP) is 3.73. The smallest absolute Gasteiger partial charge is 0.337 e. The molecule has 1 saturated heterocycles. The number of amidine groups is 1. The van der Waals surface area contributed by atoms with Gasteiger partial charge in [0.1, 0.15) is 11.0 Å². The minimum Gasteiger partial charge on any atom is -0.494 e. The van der Waals surface area contributed by atoms with Gasteiger partial charge in [-0.1, -0.05) is 18.7 Å². The maximum Gasteiger partial charge on any atom is 0.337 e. The number of hydrogen-bond acceptors (Lipinski definition) is 7. The van der Waals surface area contributed by atoms with E-state index in [1.54, 1.807) is 55.6 Å². The van der Waals surface area contributed by atoms with Crippen LogP contribution in [0, 0.1) is 0 Å². The molecule has 0 aromatic heterocycles. The van der Waals surface area contributed by atoms with Gasteiger partial charge in [0.2, 0.25) is 11.8 Å². The zero-order chi connectivity index (χ0) is 23.1. The summed E-state index contributed by atoms with van der Waals surface area (Å²) in [6.45, 7) is 2.63. The molecule has 8 nitrogen and oxygen atoms in total. The SMILES string of the molecule is CCCOc1ccc(N2C(=O)C[C@@H](SC(=NC)Nc3ccc(C(=O)OC)cc3)C2=O)cc1. The third-order valence-corrected chi connectivity index (χ3v) is 5.85. The lowest BCUT2D eigenvalue weighted by Crippen LogP contribution is -2.31. The Kier molecular flexibility index (Phi) is 7.88. The Balaban J connectivity index is 1.65. The Labute approximate surface area is 191 Å². The first-order valence-electron chi connectivity index (χ1n) is 10.1. The molecule has 0 saturated carbocycles. The van der Waals surface area contributed by atoms with Crippen molar-refractivity contribution in [3.8, 4) is 5.75 Å². The molecule has 168 valence electrons. The number of methoxy groups -OCH3 is 1. The highest BCUT2D eigenvalue weighted by Crippen LogP contribution is 2.31. The number of nitrogens with one attached hydrogen (secondary N) is 1. The highest BCUT2D eigenvalue weighted by Gasteiger charge is 2.40. The molecule has 0 radical (unpaired) electrons. The van der Waals surface area contributed by atoms with Gasteiger partial charge in [0.25, 0.3) is 0 Å². The number of carbonyl (C=O) groups excluding carboxylic acids is 3. The van der Waals surface area contributed by atoms with E-state index < -0.39 is 11.2 Å². The molecule has 1 fully saturated rings. The Morgan fingerprint density at radius 3 is 2.44 bits per heavy atom. The molecule has 1 aliphatic rings. The minimum absolute atomic E-state index is 0.0829. The van der Waals surface area contributed by atoms with Crippen molar-refractivity contribution < 1.29 is 23.9 Å². The number of carbonyl (C=O) groups is 3. The van der Waals surface area contributed by atoms with Crippen LogP contribution in [0.15, 0.2) is 53.5 Å². The maximum atomic E-state index is 12.9. The van der Waals surface area contributed by atoms with Gasteiger partial charge in [0.15, 0.2) is 5.17 Å². The molecule has 2 aromatic rings. The minimum atomic E-state index is -0.584. The van der Waals surface area contributed by atoms with Crippen LogP contribution in [0.5, 0.6) is 5.75 Å². The predicted molar refractivity (Wildman–Crippen MR) is 125 cm³/mol. The zero-order valence-corrected chi connectivity index (χ0v) is 19.0. The van der Waals surface area contributed by atoms with Gasteiger partial charge < -0.3 is 14.8 Å². The van der Waals surface area contributed by atoms with Gasteiger partial charge in [-0.2, -0.15) is 0 Å². The molecule has 1 N–H and O–H groups in total. The van der Waals surface area contributed by atoms with Crippen LogP contribution in [0.3, 0.4) is 0 Å².